The van der Waals surface area contributed by atoms with Crippen LogP contribution >= 0.6 is 24.0 Å². The molecule has 2 aliphatic rings. The van der Waals surface area contributed by atoms with Gasteiger partial charge in [-0.1, -0.05) is 44.2 Å². The van der Waals surface area contributed by atoms with E-state index in [1.54, 1.807) is 0 Å². The first-order valence-corrected chi connectivity index (χ1v) is 11.7. The van der Waals surface area contributed by atoms with Crippen molar-refractivity contribution in [2.75, 3.05) is 65.4 Å². The Labute approximate surface area is 201 Å². The Kier molecular flexibility index (Phi) is 11.5. The number of nitrogens with one attached hydrogen (secondary N) is 1. The first-order valence-electron chi connectivity index (χ1n) is 11.7. The zero-order valence-electron chi connectivity index (χ0n) is 19.2. The number of likely N-dealkylation sites (tertiary alicyclic amines) is 1. The van der Waals surface area contributed by atoms with Crippen molar-refractivity contribution in [3.63, 3.8) is 0 Å². The van der Waals surface area contributed by atoms with Gasteiger partial charge in [-0.2, -0.15) is 0 Å². The van der Waals surface area contributed by atoms with Crippen molar-refractivity contribution in [1.29, 1.82) is 0 Å². The van der Waals surface area contributed by atoms with Crippen molar-refractivity contribution in [2.45, 2.75) is 33.6 Å². The fourth-order valence-corrected chi connectivity index (χ4v) is 4.59. The number of hydrogen-bond acceptors (Lipinski definition) is 3. The molecule has 0 bridgehead atoms. The molecular formula is C24H42IN5. The second kappa shape index (κ2) is 13.5. The number of rotatable bonds is 8. The molecule has 3 rings (SSSR count). The number of hydrogen-bond donors (Lipinski definition) is 1. The predicted octanol–water partition coefficient (Wildman–Crippen LogP) is 3.41. The molecule has 0 radical (unpaired) electrons. The van der Waals surface area contributed by atoms with Gasteiger partial charge in [-0.15, -0.1) is 24.0 Å². The smallest absolute Gasteiger partial charge is 0.193 e. The van der Waals surface area contributed by atoms with Gasteiger partial charge in [0.25, 0.3) is 0 Å². The van der Waals surface area contributed by atoms with E-state index in [4.69, 9.17) is 4.99 Å². The summed E-state index contributed by atoms with van der Waals surface area (Å²) in [7, 11) is 0. The van der Waals surface area contributed by atoms with E-state index in [0.717, 1.165) is 44.6 Å². The van der Waals surface area contributed by atoms with Crippen molar-refractivity contribution in [1.82, 2.24) is 20.0 Å². The van der Waals surface area contributed by atoms with E-state index in [1.807, 2.05) is 0 Å². The van der Waals surface area contributed by atoms with E-state index in [0.29, 0.717) is 5.92 Å². The number of guanidine groups is 1. The Morgan fingerprint density at radius 2 is 1.77 bits per heavy atom. The van der Waals surface area contributed by atoms with Crippen molar-refractivity contribution in [3.8, 4) is 0 Å². The number of nitrogens with zero attached hydrogens (tertiary/aromatic N) is 4. The maximum atomic E-state index is 5.03. The quantitative estimate of drug-likeness (QED) is 0.319. The van der Waals surface area contributed by atoms with Crippen LogP contribution in [0.4, 0.5) is 0 Å². The molecule has 2 saturated heterocycles. The molecule has 1 N–H and O–H groups in total. The summed E-state index contributed by atoms with van der Waals surface area (Å²) in [6.07, 6.45) is 2.44. The van der Waals surface area contributed by atoms with E-state index >= 15 is 0 Å². The number of halogens is 1. The lowest BCUT2D eigenvalue weighted by atomic mass is 9.99. The van der Waals surface area contributed by atoms with Crippen LogP contribution in [0.2, 0.25) is 0 Å². The number of likely N-dealkylation sites (N-methyl/N-ethyl adjacent to an activating group) is 1. The third-order valence-corrected chi connectivity index (χ3v) is 6.32. The summed E-state index contributed by atoms with van der Waals surface area (Å²) in [5.74, 6) is 2.44. The monoisotopic (exact) mass is 527 g/mol. The molecule has 0 amide bonds. The van der Waals surface area contributed by atoms with Crippen molar-refractivity contribution >= 4 is 29.9 Å². The molecule has 5 nitrogen and oxygen atoms in total. The minimum absolute atomic E-state index is 0. The van der Waals surface area contributed by atoms with E-state index in [1.165, 1.54) is 51.1 Å². The summed E-state index contributed by atoms with van der Waals surface area (Å²) >= 11 is 0. The lowest BCUT2D eigenvalue weighted by Gasteiger charge is -2.35. The standard InChI is InChI=1S/C24H41N5.HI/c1-4-25-24(26-18-21(3)19-28-15-13-27(5-2)14-16-28)29-12-11-23(20-29)17-22-9-7-6-8-10-22;/h6-10,21,23H,4-5,11-20H2,1-3H3,(H,25,26);1H. The first-order chi connectivity index (χ1) is 14.2. The van der Waals surface area contributed by atoms with Crippen LogP contribution in [0, 0.1) is 11.8 Å². The third kappa shape index (κ3) is 8.00. The van der Waals surface area contributed by atoms with Gasteiger partial charge >= 0.3 is 0 Å². The Morgan fingerprint density at radius 1 is 1.07 bits per heavy atom. The van der Waals surface area contributed by atoms with Gasteiger partial charge in [0.1, 0.15) is 0 Å². The lowest BCUT2D eigenvalue weighted by Crippen LogP contribution is -2.47. The molecule has 1 aromatic carbocycles. The van der Waals surface area contributed by atoms with Gasteiger partial charge in [0.15, 0.2) is 5.96 Å². The SMILES string of the molecule is CCNC(=NCC(C)CN1CCN(CC)CC1)N1CCC(Cc2ccccc2)C1.I. The predicted molar refractivity (Wildman–Crippen MR) is 139 cm³/mol. The molecule has 0 spiro atoms. The van der Waals surface area contributed by atoms with Crippen LogP contribution < -0.4 is 5.32 Å². The number of benzene rings is 1. The molecule has 0 aliphatic carbocycles. The minimum Gasteiger partial charge on any atom is -0.357 e. The summed E-state index contributed by atoms with van der Waals surface area (Å²) in [6, 6.07) is 10.9. The van der Waals surface area contributed by atoms with E-state index in [-0.39, 0.29) is 24.0 Å². The van der Waals surface area contributed by atoms with Crippen molar-refractivity contribution in [3.05, 3.63) is 35.9 Å². The Balaban J connectivity index is 0.00000320. The van der Waals surface area contributed by atoms with Crippen LogP contribution in [0.25, 0.3) is 0 Å². The molecule has 170 valence electrons. The van der Waals surface area contributed by atoms with Gasteiger partial charge in [0, 0.05) is 58.9 Å². The highest BCUT2D eigenvalue weighted by atomic mass is 127. The highest BCUT2D eigenvalue weighted by Crippen LogP contribution is 2.21. The molecule has 2 atom stereocenters. The summed E-state index contributed by atoms with van der Waals surface area (Å²) in [5.41, 5.74) is 1.46. The maximum absolute atomic E-state index is 5.03. The van der Waals surface area contributed by atoms with E-state index < -0.39 is 0 Å². The summed E-state index contributed by atoms with van der Waals surface area (Å²) in [6.45, 7) is 18.1. The van der Waals surface area contributed by atoms with Crippen LogP contribution in [-0.2, 0) is 6.42 Å². The van der Waals surface area contributed by atoms with Crippen LogP contribution in [0.3, 0.4) is 0 Å². The van der Waals surface area contributed by atoms with Gasteiger partial charge in [-0.05, 0) is 43.7 Å². The van der Waals surface area contributed by atoms with Crippen molar-refractivity contribution in [2.24, 2.45) is 16.8 Å². The average molecular weight is 528 g/mol. The van der Waals surface area contributed by atoms with E-state index in [9.17, 15) is 0 Å². The Morgan fingerprint density at radius 3 is 2.43 bits per heavy atom. The third-order valence-electron chi connectivity index (χ3n) is 6.32. The van der Waals surface area contributed by atoms with Gasteiger partial charge in [0.2, 0.25) is 0 Å². The fraction of sp³-hybridized carbons (Fsp3) is 0.708. The summed E-state index contributed by atoms with van der Waals surface area (Å²) < 4.78 is 0. The van der Waals surface area contributed by atoms with Crippen LogP contribution in [0.15, 0.2) is 35.3 Å². The van der Waals surface area contributed by atoms with Gasteiger partial charge < -0.3 is 20.0 Å². The van der Waals surface area contributed by atoms with Crippen LogP contribution in [-0.4, -0.2) is 86.1 Å². The molecule has 2 unspecified atom stereocenters. The second-order valence-electron chi connectivity index (χ2n) is 8.83. The molecule has 30 heavy (non-hydrogen) atoms. The Bertz CT molecular complexity index is 615. The number of piperazine rings is 1. The summed E-state index contributed by atoms with van der Waals surface area (Å²) in [5, 5.41) is 3.54. The minimum atomic E-state index is 0. The maximum Gasteiger partial charge on any atom is 0.193 e. The molecule has 2 heterocycles. The van der Waals surface area contributed by atoms with Crippen LogP contribution in [0.1, 0.15) is 32.8 Å². The molecule has 0 saturated carbocycles. The Hall–Kier alpha value is -0.860. The van der Waals surface area contributed by atoms with Gasteiger partial charge in [-0.3, -0.25) is 4.99 Å². The highest BCUT2D eigenvalue weighted by Gasteiger charge is 2.25. The zero-order chi connectivity index (χ0) is 20.5. The fourth-order valence-electron chi connectivity index (χ4n) is 4.59. The largest absolute Gasteiger partial charge is 0.357 e. The topological polar surface area (TPSA) is 34.1 Å². The van der Waals surface area contributed by atoms with Gasteiger partial charge in [-0.25, -0.2) is 0 Å². The number of aliphatic imine (C=N–C) groups is 1. The molecular weight excluding hydrogens is 485 g/mol. The lowest BCUT2D eigenvalue weighted by molar-refractivity contribution is 0.125. The molecule has 6 heteroatoms. The molecule has 1 aromatic rings. The second-order valence-corrected chi connectivity index (χ2v) is 8.83. The highest BCUT2D eigenvalue weighted by molar-refractivity contribution is 14.0. The zero-order valence-corrected chi connectivity index (χ0v) is 21.6. The normalized spacial score (nSPS) is 22.0. The molecule has 0 aromatic heterocycles. The summed E-state index contributed by atoms with van der Waals surface area (Å²) in [4.78, 5) is 12.7. The van der Waals surface area contributed by atoms with E-state index in [2.05, 4.69) is 71.1 Å². The molecule has 2 fully saturated rings. The molecule has 2 aliphatic heterocycles. The average Bonchev–Trinajstić information content (AvgIpc) is 3.20. The van der Waals surface area contributed by atoms with Crippen molar-refractivity contribution < 1.29 is 0 Å². The first kappa shape index (κ1) is 25.4. The van der Waals surface area contributed by atoms with Gasteiger partial charge in [0.05, 0.1) is 0 Å². The van der Waals surface area contributed by atoms with Crippen LogP contribution in [0.5, 0.6) is 0 Å².